The van der Waals surface area contributed by atoms with E-state index in [-0.39, 0.29) is 11.3 Å². The van der Waals surface area contributed by atoms with Crippen LogP contribution in [0.1, 0.15) is 5.56 Å². The third-order valence-corrected chi connectivity index (χ3v) is 2.23. The SMILES string of the molecule is Cc1ccc(F)c(-c2ccnc(=O)[nH]2)c1F. The van der Waals surface area contributed by atoms with Gasteiger partial charge in [0, 0.05) is 6.20 Å². The second-order valence-corrected chi connectivity index (χ2v) is 3.34. The number of nitrogens with one attached hydrogen (secondary N) is 1. The van der Waals surface area contributed by atoms with E-state index in [0.717, 1.165) is 6.07 Å². The van der Waals surface area contributed by atoms with Crippen LogP contribution in [0.15, 0.2) is 29.2 Å². The average molecular weight is 222 g/mol. The van der Waals surface area contributed by atoms with Crippen LogP contribution in [0.2, 0.25) is 0 Å². The number of aromatic nitrogens is 2. The zero-order valence-electron chi connectivity index (χ0n) is 8.42. The summed E-state index contributed by atoms with van der Waals surface area (Å²) in [6.45, 7) is 1.53. The summed E-state index contributed by atoms with van der Waals surface area (Å²) in [5, 5.41) is 0. The highest BCUT2D eigenvalue weighted by atomic mass is 19.1. The minimum atomic E-state index is -0.718. The summed E-state index contributed by atoms with van der Waals surface area (Å²) in [5.74, 6) is -1.40. The molecule has 0 fully saturated rings. The van der Waals surface area contributed by atoms with Gasteiger partial charge in [-0.05, 0) is 24.6 Å². The molecule has 1 heterocycles. The maximum Gasteiger partial charge on any atom is 0.345 e. The first-order valence-electron chi connectivity index (χ1n) is 4.60. The summed E-state index contributed by atoms with van der Waals surface area (Å²) in [5.41, 5.74) is -0.481. The van der Waals surface area contributed by atoms with Gasteiger partial charge < -0.3 is 4.98 Å². The molecule has 0 aliphatic heterocycles. The number of hydrogen-bond acceptors (Lipinski definition) is 2. The first-order valence-corrected chi connectivity index (χ1v) is 4.60. The molecule has 1 N–H and O–H groups in total. The Labute approximate surface area is 89.8 Å². The van der Waals surface area contributed by atoms with E-state index in [0.29, 0.717) is 5.56 Å². The largest absolute Gasteiger partial charge is 0.345 e. The van der Waals surface area contributed by atoms with Gasteiger partial charge >= 0.3 is 5.69 Å². The molecule has 2 aromatic rings. The van der Waals surface area contributed by atoms with Crippen molar-refractivity contribution in [3.05, 3.63) is 52.1 Å². The second kappa shape index (κ2) is 3.84. The van der Waals surface area contributed by atoms with E-state index < -0.39 is 17.3 Å². The lowest BCUT2D eigenvalue weighted by Crippen LogP contribution is -2.10. The number of aromatic amines is 1. The minimum absolute atomic E-state index is 0.0821. The van der Waals surface area contributed by atoms with Gasteiger partial charge in [-0.1, -0.05) is 6.07 Å². The van der Waals surface area contributed by atoms with Crippen molar-refractivity contribution in [2.45, 2.75) is 6.92 Å². The summed E-state index contributed by atoms with van der Waals surface area (Å²) in [4.78, 5) is 16.6. The molecule has 2 rings (SSSR count). The monoisotopic (exact) mass is 222 g/mol. The maximum atomic E-state index is 13.7. The van der Waals surface area contributed by atoms with E-state index in [4.69, 9.17) is 0 Å². The predicted molar refractivity (Wildman–Crippen MR) is 54.9 cm³/mol. The minimum Gasteiger partial charge on any atom is -0.305 e. The summed E-state index contributed by atoms with van der Waals surface area (Å²) in [7, 11) is 0. The molecule has 0 aliphatic carbocycles. The number of rotatable bonds is 1. The van der Waals surface area contributed by atoms with Crippen LogP contribution >= 0.6 is 0 Å². The Bertz CT molecular complexity index is 593. The van der Waals surface area contributed by atoms with Crippen molar-refractivity contribution in [3.8, 4) is 11.3 Å². The molecule has 3 nitrogen and oxygen atoms in total. The van der Waals surface area contributed by atoms with Crippen LogP contribution in [0.5, 0.6) is 0 Å². The quantitative estimate of drug-likeness (QED) is 0.802. The number of hydrogen-bond donors (Lipinski definition) is 1. The number of aryl methyl sites for hydroxylation is 1. The maximum absolute atomic E-state index is 13.7. The zero-order valence-corrected chi connectivity index (χ0v) is 8.42. The molecule has 0 radical (unpaired) electrons. The Balaban J connectivity index is 2.73. The lowest BCUT2D eigenvalue weighted by Gasteiger charge is -2.06. The highest BCUT2D eigenvalue weighted by molar-refractivity contribution is 5.61. The Hall–Kier alpha value is -2.04. The van der Waals surface area contributed by atoms with Crippen LogP contribution in [0.25, 0.3) is 11.3 Å². The van der Waals surface area contributed by atoms with Gasteiger partial charge in [-0.3, -0.25) is 0 Å². The van der Waals surface area contributed by atoms with Crippen molar-refractivity contribution in [1.82, 2.24) is 9.97 Å². The summed E-state index contributed by atoms with van der Waals surface area (Å²) >= 11 is 0. The third kappa shape index (κ3) is 1.71. The van der Waals surface area contributed by atoms with Crippen LogP contribution in [0, 0.1) is 18.6 Å². The molecular weight excluding hydrogens is 214 g/mol. The van der Waals surface area contributed by atoms with E-state index in [2.05, 4.69) is 9.97 Å². The molecule has 82 valence electrons. The molecule has 0 aliphatic rings. The van der Waals surface area contributed by atoms with Gasteiger partial charge in [0.25, 0.3) is 0 Å². The smallest absolute Gasteiger partial charge is 0.305 e. The molecule has 0 amide bonds. The molecule has 1 aromatic heterocycles. The topological polar surface area (TPSA) is 45.8 Å². The van der Waals surface area contributed by atoms with E-state index in [1.165, 1.54) is 25.3 Å². The van der Waals surface area contributed by atoms with Crippen molar-refractivity contribution in [2.24, 2.45) is 0 Å². The molecule has 0 saturated heterocycles. The number of nitrogens with zero attached hydrogens (tertiary/aromatic N) is 1. The Kier molecular flexibility index (Phi) is 2.52. The fourth-order valence-electron chi connectivity index (χ4n) is 1.42. The van der Waals surface area contributed by atoms with Crippen LogP contribution in [-0.2, 0) is 0 Å². The van der Waals surface area contributed by atoms with E-state index in [9.17, 15) is 13.6 Å². The fourth-order valence-corrected chi connectivity index (χ4v) is 1.42. The second-order valence-electron chi connectivity index (χ2n) is 3.34. The highest BCUT2D eigenvalue weighted by Gasteiger charge is 2.14. The van der Waals surface area contributed by atoms with Crippen molar-refractivity contribution >= 4 is 0 Å². The first-order chi connectivity index (χ1) is 7.59. The van der Waals surface area contributed by atoms with Crippen molar-refractivity contribution in [2.75, 3.05) is 0 Å². The van der Waals surface area contributed by atoms with Gasteiger partial charge in [-0.2, -0.15) is 0 Å². The molecule has 0 bridgehead atoms. The lowest BCUT2D eigenvalue weighted by atomic mass is 10.1. The molecular formula is C11H8F2N2O. The molecule has 5 heteroatoms. The van der Waals surface area contributed by atoms with Gasteiger partial charge in [-0.25, -0.2) is 18.6 Å². The lowest BCUT2D eigenvalue weighted by molar-refractivity contribution is 0.582. The van der Waals surface area contributed by atoms with Crippen LogP contribution in [0.4, 0.5) is 8.78 Å². The third-order valence-electron chi connectivity index (χ3n) is 2.23. The van der Waals surface area contributed by atoms with Gasteiger partial charge in [-0.15, -0.1) is 0 Å². The molecule has 0 atom stereocenters. The highest BCUT2D eigenvalue weighted by Crippen LogP contribution is 2.25. The van der Waals surface area contributed by atoms with Crippen LogP contribution in [0.3, 0.4) is 0 Å². The predicted octanol–water partition coefficient (Wildman–Crippen LogP) is 2.02. The van der Waals surface area contributed by atoms with Crippen molar-refractivity contribution < 1.29 is 8.78 Å². The molecule has 0 spiro atoms. The van der Waals surface area contributed by atoms with Gasteiger partial charge in [0.2, 0.25) is 0 Å². The van der Waals surface area contributed by atoms with Crippen LogP contribution < -0.4 is 5.69 Å². The summed E-state index contributed by atoms with van der Waals surface area (Å²) < 4.78 is 27.2. The molecule has 0 unspecified atom stereocenters. The van der Waals surface area contributed by atoms with E-state index in [1.807, 2.05) is 0 Å². The Morgan fingerprint density at radius 2 is 2.00 bits per heavy atom. The van der Waals surface area contributed by atoms with Crippen molar-refractivity contribution in [1.29, 1.82) is 0 Å². The van der Waals surface area contributed by atoms with E-state index >= 15 is 0 Å². The average Bonchev–Trinajstić information content (AvgIpc) is 2.24. The number of halogens is 2. The number of benzene rings is 1. The standard InChI is InChI=1S/C11H8F2N2O/c1-6-2-3-7(12)9(10(6)13)8-4-5-14-11(16)15-8/h2-5H,1H3,(H,14,15,16). The summed E-state index contributed by atoms with van der Waals surface area (Å²) in [6.07, 6.45) is 1.20. The zero-order chi connectivity index (χ0) is 11.7. The molecule has 0 saturated carbocycles. The fraction of sp³-hybridized carbons (Fsp3) is 0.0909. The number of H-pyrrole nitrogens is 1. The Morgan fingerprint density at radius 1 is 1.25 bits per heavy atom. The van der Waals surface area contributed by atoms with Gasteiger partial charge in [0.15, 0.2) is 0 Å². The normalized spacial score (nSPS) is 10.4. The molecule has 16 heavy (non-hydrogen) atoms. The van der Waals surface area contributed by atoms with Crippen LogP contribution in [-0.4, -0.2) is 9.97 Å². The molecule has 1 aromatic carbocycles. The van der Waals surface area contributed by atoms with E-state index in [1.54, 1.807) is 0 Å². The van der Waals surface area contributed by atoms with Gasteiger partial charge in [0.1, 0.15) is 11.6 Å². The summed E-state index contributed by atoms with van der Waals surface area (Å²) in [6, 6.07) is 3.85. The first kappa shape index (κ1) is 10.5. The van der Waals surface area contributed by atoms with Gasteiger partial charge in [0.05, 0.1) is 11.3 Å². The van der Waals surface area contributed by atoms with Crippen molar-refractivity contribution in [3.63, 3.8) is 0 Å². The Morgan fingerprint density at radius 3 is 2.69 bits per heavy atom.